The SMILES string of the molecule is OCCc1nccc(-c2cccs2)n1. The van der Waals surface area contributed by atoms with Crippen molar-refractivity contribution in [3.05, 3.63) is 35.6 Å². The zero-order valence-electron chi connectivity index (χ0n) is 7.55. The van der Waals surface area contributed by atoms with E-state index in [1.54, 1.807) is 17.5 Å². The number of aliphatic hydroxyl groups excluding tert-OH is 1. The molecule has 0 aliphatic rings. The normalized spacial score (nSPS) is 10.4. The van der Waals surface area contributed by atoms with E-state index in [4.69, 9.17) is 5.11 Å². The van der Waals surface area contributed by atoms with Crippen LogP contribution in [0.5, 0.6) is 0 Å². The average Bonchev–Trinajstić information content (AvgIpc) is 2.71. The third-order valence-corrected chi connectivity index (χ3v) is 2.71. The molecule has 0 aliphatic heterocycles. The molecule has 0 bridgehead atoms. The smallest absolute Gasteiger partial charge is 0.131 e. The van der Waals surface area contributed by atoms with Gasteiger partial charge in [-0.1, -0.05) is 6.07 Å². The first kappa shape index (κ1) is 9.30. The number of aromatic nitrogens is 2. The molecule has 0 saturated carbocycles. The van der Waals surface area contributed by atoms with Crippen molar-refractivity contribution >= 4 is 11.3 Å². The second-order valence-electron chi connectivity index (χ2n) is 2.81. The van der Waals surface area contributed by atoms with E-state index in [0.29, 0.717) is 12.2 Å². The molecule has 4 heteroatoms. The quantitative estimate of drug-likeness (QED) is 0.832. The van der Waals surface area contributed by atoms with Gasteiger partial charge in [0.05, 0.1) is 17.2 Å². The molecule has 0 atom stereocenters. The summed E-state index contributed by atoms with van der Waals surface area (Å²) in [6, 6.07) is 5.90. The van der Waals surface area contributed by atoms with Crippen molar-refractivity contribution in [2.45, 2.75) is 6.42 Å². The molecule has 0 spiro atoms. The zero-order valence-corrected chi connectivity index (χ0v) is 8.37. The van der Waals surface area contributed by atoms with Crippen LogP contribution in [0.4, 0.5) is 0 Å². The molecular formula is C10H10N2OS. The van der Waals surface area contributed by atoms with Crippen molar-refractivity contribution < 1.29 is 5.11 Å². The largest absolute Gasteiger partial charge is 0.396 e. The highest BCUT2D eigenvalue weighted by Gasteiger charge is 2.01. The monoisotopic (exact) mass is 206 g/mol. The number of nitrogens with zero attached hydrogens (tertiary/aromatic N) is 2. The highest BCUT2D eigenvalue weighted by atomic mass is 32.1. The lowest BCUT2D eigenvalue weighted by atomic mass is 10.3. The van der Waals surface area contributed by atoms with Gasteiger partial charge in [-0.3, -0.25) is 0 Å². The van der Waals surface area contributed by atoms with Crippen LogP contribution < -0.4 is 0 Å². The van der Waals surface area contributed by atoms with Crippen molar-refractivity contribution in [1.29, 1.82) is 0 Å². The van der Waals surface area contributed by atoms with E-state index in [1.165, 1.54) is 0 Å². The first-order valence-electron chi connectivity index (χ1n) is 4.37. The van der Waals surface area contributed by atoms with E-state index in [-0.39, 0.29) is 6.61 Å². The van der Waals surface area contributed by atoms with Gasteiger partial charge in [0.25, 0.3) is 0 Å². The van der Waals surface area contributed by atoms with Gasteiger partial charge in [-0.15, -0.1) is 11.3 Å². The molecule has 0 aromatic carbocycles. The van der Waals surface area contributed by atoms with Crippen LogP contribution >= 0.6 is 11.3 Å². The van der Waals surface area contributed by atoms with Gasteiger partial charge in [-0.25, -0.2) is 9.97 Å². The van der Waals surface area contributed by atoms with E-state index in [1.807, 2.05) is 23.6 Å². The summed E-state index contributed by atoms with van der Waals surface area (Å²) in [5.41, 5.74) is 0.929. The minimum atomic E-state index is 0.0912. The van der Waals surface area contributed by atoms with Gasteiger partial charge in [-0.05, 0) is 17.5 Å². The van der Waals surface area contributed by atoms with Crippen molar-refractivity contribution in [3.63, 3.8) is 0 Å². The third kappa shape index (κ3) is 1.97. The zero-order chi connectivity index (χ0) is 9.80. The van der Waals surface area contributed by atoms with Crippen LogP contribution in [-0.4, -0.2) is 21.7 Å². The summed E-state index contributed by atoms with van der Waals surface area (Å²) >= 11 is 1.65. The van der Waals surface area contributed by atoms with Crippen LogP contribution in [0.25, 0.3) is 10.6 Å². The highest BCUT2D eigenvalue weighted by Crippen LogP contribution is 2.21. The van der Waals surface area contributed by atoms with Crippen LogP contribution in [0, 0.1) is 0 Å². The summed E-state index contributed by atoms with van der Waals surface area (Å²) in [6.45, 7) is 0.0912. The lowest BCUT2D eigenvalue weighted by molar-refractivity contribution is 0.296. The van der Waals surface area contributed by atoms with Crippen molar-refractivity contribution in [2.24, 2.45) is 0 Å². The Labute approximate surface area is 86.1 Å². The summed E-state index contributed by atoms with van der Waals surface area (Å²) in [7, 11) is 0. The van der Waals surface area contributed by atoms with Crippen molar-refractivity contribution in [2.75, 3.05) is 6.61 Å². The topological polar surface area (TPSA) is 46.0 Å². The fourth-order valence-corrected chi connectivity index (χ4v) is 1.88. The Morgan fingerprint density at radius 1 is 1.36 bits per heavy atom. The standard InChI is InChI=1S/C10H10N2OS/c13-6-4-10-11-5-3-8(12-10)9-2-1-7-14-9/h1-3,5,7,13H,4,6H2. The Bertz CT molecular complexity index is 400. The predicted octanol–water partition coefficient (Wildman–Crippen LogP) is 1.74. The van der Waals surface area contributed by atoms with Crippen LogP contribution in [0.2, 0.25) is 0 Å². The van der Waals surface area contributed by atoms with Crippen molar-refractivity contribution in [1.82, 2.24) is 9.97 Å². The first-order chi connectivity index (χ1) is 6.90. The Kier molecular flexibility index (Phi) is 2.86. The maximum atomic E-state index is 8.76. The van der Waals surface area contributed by atoms with E-state index in [2.05, 4.69) is 9.97 Å². The van der Waals surface area contributed by atoms with E-state index < -0.39 is 0 Å². The van der Waals surface area contributed by atoms with Gasteiger partial charge in [0, 0.05) is 12.6 Å². The molecule has 1 N–H and O–H groups in total. The molecular weight excluding hydrogens is 196 g/mol. The molecule has 0 aliphatic carbocycles. The fourth-order valence-electron chi connectivity index (χ4n) is 1.18. The van der Waals surface area contributed by atoms with Gasteiger partial charge in [0.1, 0.15) is 5.82 Å². The molecule has 0 radical (unpaired) electrons. The lowest BCUT2D eigenvalue weighted by Gasteiger charge is -1.99. The van der Waals surface area contributed by atoms with E-state index in [9.17, 15) is 0 Å². The van der Waals surface area contributed by atoms with E-state index >= 15 is 0 Å². The van der Waals surface area contributed by atoms with E-state index in [0.717, 1.165) is 10.6 Å². The van der Waals surface area contributed by atoms with Crippen LogP contribution in [0.3, 0.4) is 0 Å². The molecule has 0 saturated heterocycles. The molecule has 3 nitrogen and oxygen atoms in total. The number of rotatable bonds is 3. The highest BCUT2D eigenvalue weighted by molar-refractivity contribution is 7.13. The van der Waals surface area contributed by atoms with Crippen LogP contribution in [0.15, 0.2) is 29.8 Å². The molecule has 2 rings (SSSR count). The number of aliphatic hydroxyl groups is 1. The predicted molar refractivity (Wildman–Crippen MR) is 56.1 cm³/mol. The molecule has 2 aromatic heterocycles. The number of hydrogen-bond donors (Lipinski definition) is 1. The molecule has 2 heterocycles. The maximum Gasteiger partial charge on any atom is 0.131 e. The van der Waals surface area contributed by atoms with Gasteiger partial charge in [0.15, 0.2) is 0 Å². The average molecular weight is 206 g/mol. The molecule has 2 aromatic rings. The summed E-state index contributed by atoms with van der Waals surface area (Å²) in [5.74, 6) is 0.693. The minimum absolute atomic E-state index is 0.0912. The second kappa shape index (κ2) is 4.30. The minimum Gasteiger partial charge on any atom is -0.396 e. The number of thiophene rings is 1. The summed E-state index contributed by atoms with van der Waals surface area (Å²) in [5, 5.41) is 10.8. The number of hydrogen-bond acceptors (Lipinski definition) is 4. The summed E-state index contributed by atoms with van der Waals surface area (Å²) in [6.07, 6.45) is 2.24. The van der Waals surface area contributed by atoms with Crippen LogP contribution in [-0.2, 0) is 6.42 Å². The molecule has 0 fully saturated rings. The fraction of sp³-hybridized carbons (Fsp3) is 0.200. The molecule has 72 valence electrons. The van der Waals surface area contributed by atoms with Crippen LogP contribution in [0.1, 0.15) is 5.82 Å². The Balaban J connectivity index is 2.31. The Hall–Kier alpha value is -1.26. The lowest BCUT2D eigenvalue weighted by Crippen LogP contribution is -1.98. The van der Waals surface area contributed by atoms with Crippen molar-refractivity contribution in [3.8, 4) is 10.6 Å². The maximum absolute atomic E-state index is 8.76. The Morgan fingerprint density at radius 3 is 3.00 bits per heavy atom. The molecule has 0 unspecified atom stereocenters. The first-order valence-corrected chi connectivity index (χ1v) is 5.25. The Morgan fingerprint density at radius 2 is 2.29 bits per heavy atom. The van der Waals surface area contributed by atoms with Gasteiger partial charge in [-0.2, -0.15) is 0 Å². The summed E-state index contributed by atoms with van der Waals surface area (Å²) in [4.78, 5) is 9.55. The van der Waals surface area contributed by atoms with Gasteiger partial charge in [0.2, 0.25) is 0 Å². The second-order valence-corrected chi connectivity index (χ2v) is 3.76. The van der Waals surface area contributed by atoms with Gasteiger partial charge < -0.3 is 5.11 Å². The van der Waals surface area contributed by atoms with Gasteiger partial charge >= 0.3 is 0 Å². The summed E-state index contributed by atoms with van der Waals surface area (Å²) < 4.78 is 0. The molecule has 14 heavy (non-hydrogen) atoms. The molecule has 0 amide bonds. The third-order valence-electron chi connectivity index (χ3n) is 1.81.